The average Bonchev–Trinajstić information content (AvgIpc) is 2.49. The van der Waals surface area contributed by atoms with Crippen LogP contribution in [0, 0.1) is 0 Å². The largest absolute Gasteiger partial charge is 0.481 e. The van der Waals surface area contributed by atoms with E-state index in [1.54, 1.807) is 0 Å². The summed E-state index contributed by atoms with van der Waals surface area (Å²) in [5, 5.41) is 8.33. The van der Waals surface area contributed by atoms with Crippen LogP contribution in [0.25, 0.3) is 0 Å². The number of rotatable bonds is 3. The zero-order valence-corrected chi connectivity index (χ0v) is 7.01. The summed E-state index contributed by atoms with van der Waals surface area (Å²) in [5.74, 6) is -3.43. The Morgan fingerprint density at radius 3 is 2.57 bits per heavy atom. The summed E-state index contributed by atoms with van der Waals surface area (Å²) in [7, 11) is 0. The summed E-state index contributed by atoms with van der Waals surface area (Å²) in [6.45, 7) is 0. The molecule has 0 radical (unpaired) electrons. The first-order valence-corrected chi connectivity index (χ1v) is 3.83. The van der Waals surface area contributed by atoms with Crippen molar-refractivity contribution in [3.63, 3.8) is 0 Å². The number of nitrogens with one attached hydrogen (secondary N) is 1. The van der Waals surface area contributed by atoms with Gasteiger partial charge in [-0.3, -0.25) is 4.79 Å². The molecule has 3 nitrogen and oxygen atoms in total. The van der Waals surface area contributed by atoms with Crippen molar-refractivity contribution in [2.45, 2.75) is 18.5 Å². The molecule has 0 amide bonds. The lowest BCUT2D eigenvalue weighted by Crippen LogP contribution is -2.23. The van der Waals surface area contributed by atoms with E-state index in [1.165, 1.54) is 18.3 Å². The van der Waals surface area contributed by atoms with E-state index >= 15 is 0 Å². The van der Waals surface area contributed by atoms with E-state index < -0.39 is 24.5 Å². The summed E-state index contributed by atoms with van der Waals surface area (Å²) >= 11 is 0. The van der Waals surface area contributed by atoms with E-state index in [0.717, 1.165) is 0 Å². The van der Waals surface area contributed by atoms with Gasteiger partial charge < -0.3 is 10.1 Å². The summed E-state index contributed by atoms with van der Waals surface area (Å²) in [6.07, 6.45) is -4.16. The first kappa shape index (κ1) is 10.6. The van der Waals surface area contributed by atoms with Crippen LogP contribution in [-0.4, -0.2) is 22.2 Å². The van der Waals surface area contributed by atoms with Gasteiger partial charge in [-0.2, -0.15) is 13.2 Å². The normalized spacial score (nSPS) is 13.9. The van der Waals surface area contributed by atoms with Gasteiger partial charge in [0.25, 0.3) is 0 Å². The molecule has 78 valence electrons. The highest BCUT2D eigenvalue weighted by atomic mass is 19.4. The predicted molar refractivity (Wildman–Crippen MR) is 41.8 cm³/mol. The van der Waals surface area contributed by atoms with Crippen LogP contribution in [0.5, 0.6) is 0 Å². The Kier molecular flexibility index (Phi) is 2.83. The summed E-state index contributed by atoms with van der Waals surface area (Å²) in [6, 6.07) is 2.62. The molecule has 0 aliphatic heterocycles. The van der Waals surface area contributed by atoms with Gasteiger partial charge in [0.15, 0.2) is 0 Å². The highest BCUT2D eigenvalue weighted by molar-refractivity contribution is 5.68. The van der Waals surface area contributed by atoms with Crippen molar-refractivity contribution in [2.75, 3.05) is 0 Å². The third-order valence-corrected chi connectivity index (χ3v) is 1.77. The molecule has 0 saturated carbocycles. The fraction of sp³-hybridized carbons (Fsp3) is 0.375. The van der Waals surface area contributed by atoms with Crippen molar-refractivity contribution >= 4 is 5.97 Å². The maximum absolute atomic E-state index is 12.4. The second-order valence-electron chi connectivity index (χ2n) is 2.82. The molecule has 1 atom stereocenters. The zero-order valence-electron chi connectivity index (χ0n) is 7.01. The van der Waals surface area contributed by atoms with Crippen molar-refractivity contribution in [1.82, 2.24) is 4.98 Å². The van der Waals surface area contributed by atoms with E-state index in [-0.39, 0.29) is 5.69 Å². The number of carboxylic acid groups (broad SMARTS) is 1. The molecular formula is C8H8F3NO2. The van der Waals surface area contributed by atoms with Crippen LogP contribution >= 0.6 is 0 Å². The molecular weight excluding hydrogens is 199 g/mol. The molecule has 0 aliphatic carbocycles. The van der Waals surface area contributed by atoms with Crippen LogP contribution in [0.15, 0.2) is 18.3 Å². The lowest BCUT2D eigenvalue weighted by Gasteiger charge is -2.16. The summed E-state index contributed by atoms with van der Waals surface area (Å²) in [4.78, 5) is 12.6. The molecule has 0 bridgehead atoms. The Labute approximate surface area is 77.6 Å². The van der Waals surface area contributed by atoms with E-state index in [2.05, 4.69) is 4.98 Å². The third kappa shape index (κ3) is 2.51. The molecule has 0 aliphatic rings. The Morgan fingerprint density at radius 2 is 2.21 bits per heavy atom. The Balaban J connectivity index is 2.89. The number of carbonyl (C=O) groups is 1. The maximum atomic E-state index is 12.4. The Bertz CT molecular complexity index is 305. The van der Waals surface area contributed by atoms with Crippen LogP contribution in [0.4, 0.5) is 13.2 Å². The van der Waals surface area contributed by atoms with E-state index in [9.17, 15) is 18.0 Å². The van der Waals surface area contributed by atoms with Gasteiger partial charge in [-0.05, 0) is 12.1 Å². The van der Waals surface area contributed by atoms with Gasteiger partial charge in [0.05, 0.1) is 6.42 Å². The molecule has 0 saturated heterocycles. The molecule has 0 spiro atoms. The number of alkyl halides is 3. The topological polar surface area (TPSA) is 53.1 Å². The molecule has 2 N–H and O–H groups in total. The quantitative estimate of drug-likeness (QED) is 0.797. The van der Waals surface area contributed by atoms with Gasteiger partial charge in [-0.25, -0.2) is 0 Å². The lowest BCUT2D eigenvalue weighted by atomic mass is 10.0. The molecule has 14 heavy (non-hydrogen) atoms. The maximum Gasteiger partial charge on any atom is 0.397 e. The molecule has 1 aromatic heterocycles. The second kappa shape index (κ2) is 3.73. The lowest BCUT2D eigenvalue weighted by molar-refractivity contribution is -0.163. The molecule has 1 heterocycles. The molecule has 6 heteroatoms. The van der Waals surface area contributed by atoms with Gasteiger partial charge in [0, 0.05) is 11.9 Å². The van der Waals surface area contributed by atoms with E-state index in [4.69, 9.17) is 5.11 Å². The smallest absolute Gasteiger partial charge is 0.397 e. The number of aliphatic carboxylic acids is 1. The average molecular weight is 207 g/mol. The van der Waals surface area contributed by atoms with Crippen LogP contribution < -0.4 is 0 Å². The minimum absolute atomic E-state index is 0.125. The summed E-state index contributed by atoms with van der Waals surface area (Å²) in [5.41, 5.74) is -0.125. The van der Waals surface area contributed by atoms with Crippen LogP contribution in [-0.2, 0) is 4.79 Å². The van der Waals surface area contributed by atoms with Gasteiger partial charge in [0.1, 0.15) is 5.92 Å². The van der Waals surface area contributed by atoms with Crippen molar-refractivity contribution in [2.24, 2.45) is 0 Å². The highest BCUT2D eigenvalue weighted by Gasteiger charge is 2.42. The van der Waals surface area contributed by atoms with Gasteiger partial charge >= 0.3 is 12.1 Å². The van der Waals surface area contributed by atoms with Gasteiger partial charge in [0.2, 0.25) is 0 Å². The predicted octanol–water partition coefficient (Wildman–Crippen LogP) is 2.14. The van der Waals surface area contributed by atoms with Crippen molar-refractivity contribution < 1.29 is 23.1 Å². The Morgan fingerprint density at radius 1 is 1.57 bits per heavy atom. The molecule has 1 aromatic rings. The fourth-order valence-corrected chi connectivity index (χ4v) is 1.14. The van der Waals surface area contributed by atoms with Crippen molar-refractivity contribution in [1.29, 1.82) is 0 Å². The van der Waals surface area contributed by atoms with Gasteiger partial charge in [-0.1, -0.05) is 0 Å². The number of hydrogen-bond donors (Lipinski definition) is 2. The van der Waals surface area contributed by atoms with Gasteiger partial charge in [-0.15, -0.1) is 0 Å². The number of halogens is 3. The highest BCUT2D eigenvalue weighted by Crippen LogP contribution is 2.36. The molecule has 0 fully saturated rings. The van der Waals surface area contributed by atoms with Crippen molar-refractivity contribution in [3.05, 3.63) is 24.0 Å². The second-order valence-corrected chi connectivity index (χ2v) is 2.82. The first-order valence-electron chi connectivity index (χ1n) is 3.83. The molecule has 0 aromatic carbocycles. The van der Waals surface area contributed by atoms with Crippen molar-refractivity contribution in [3.8, 4) is 0 Å². The number of carboxylic acids is 1. The van der Waals surface area contributed by atoms with E-state index in [1.807, 2.05) is 0 Å². The monoisotopic (exact) mass is 207 g/mol. The fourth-order valence-electron chi connectivity index (χ4n) is 1.14. The number of aromatic nitrogens is 1. The summed E-state index contributed by atoms with van der Waals surface area (Å²) < 4.78 is 37.1. The number of hydrogen-bond acceptors (Lipinski definition) is 1. The third-order valence-electron chi connectivity index (χ3n) is 1.77. The van der Waals surface area contributed by atoms with Crippen LogP contribution in [0.3, 0.4) is 0 Å². The van der Waals surface area contributed by atoms with Crippen LogP contribution in [0.2, 0.25) is 0 Å². The number of aromatic amines is 1. The minimum atomic E-state index is -4.54. The number of H-pyrrole nitrogens is 1. The Hall–Kier alpha value is -1.46. The van der Waals surface area contributed by atoms with Crippen LogP contribution in [0.1, 0.15) is 18.0 Å². The zero-order chi connectivity index (χ0) is 10.8. The standard InChI is InChI=1S/C8H8F3NO2/c9-8(10,11)5(4-7(13)14)6-2-1-3-12-6/h1-3,5,12H,4H2,(H,13,14). The molecule has 1 unspecified atom stereocenters. The first-order chi connectivity index (χ1) is 6.41. The molecule has 1 rings (SSSR count). The SMILES string of the molecule is O=C(O)CC(c1ccc[nH]1)C(F)(F)F. The van der Waals surface area contributed by atoms with E-state index in [0.29, 0.717) is 0 Å². The minimum Gasteiger partial charge on any atom is -0.481 e.